The fraction of sp³-hybridized carbons (Fsp3) is 0.684. The van der Waals surface area contributed by atoms with E-state index in [1.807, 2.05) is 0 Å². The van der Waals surface area contributed by atoms with Gasteiger partial charge >= 0.3 is 0 Å². The van der Waals surface area contributed by atoms with E-state index in [2.05, 4.69) is 49.3 Å². The molecule has 1 atom stereocenters. The molecule has 1 unspecified atom stereocenters. The van der Waals surface area contributed by atoms with Gasteiger partial charge in [0.1, 0.15) is 0 Å². The van der Waals surface area contributed by atoms with Crippen molar-refractivity contribution in [1.29, 1.82) is 0 Å². The van der Waals surface area contributed by atoms with Crippen LogP contribution in [0.2, 0.25) is 0 Å². The second-order valence-corrected chi connectivity index (χ2v) is 7.09. The van der Waals surface area contributed by atoms with Crippen LogP contribution < -0.4 is 5.32 Å². The summed E-state index contributed by atoms with van der Waals surface area (Å²) in [6.07, 6.45) is 8.24. The van der Waals surface area contributed by atoms with Crippen LogP contribution in [0.4, 0.5) is 0 Å². The molecule has 2 nitrogen and oxygen atoms in total. The van der Waals surface area contributed by atoms with Gasteiger partial charge in [-0.25, -0.2) is 0 Å². The van der Waals surface area contributed by atoms with Crippen LogP contribution >= 0.6 is 0 Å². The first kappa shape index (κ1) is 15.1. The van der Waals surface area contributed by atoms with Gasteiger partial charge in [-0.3, -0.25) is 4.90 Å². The minimum Gasteiger partial charge on any atom is -0.311 e. The fourth-order valence-corrected chi connectivity index (χ4v) is 4.80. The average Bonchev–Trinajstić information content (AvgIpc) is 3.13. The lowest BCUT2D eigenvalue weighted by molar-refractivity contribution is 0.0794. The molecule has 1 N–H and O–H groups in total. The maximum absolute atomic E-state index is 3.70. The van der Waals surface area contributed by atoms with E-state index >= 15 is 0 Å². The molecule has 0 aromatic heterocycles. The second kappa shape index (κ2) is 6.10. The summed E-state index contributed by atoms with van der Waals surface area (Å²) < 4.78 is 0. The zero-order valence-corrected chi connectivity index (χ0v) is 13.9. The number of likely N-dealkylation sites (N-methyl/N-ethyl adjacent to an activating group) is 1. The minimum absolute atomic E-state index is 0.352. The van der Waals surface area contributed by atoms with Crippen LogP contribution in [0.3, 0.4) is 0 Å². The molecule has 3 rings (SSSR count). The predicted molar refractivity (Wildman–Crippen MR) is 89.7 cm³/mol. The molecule has 0 radical (unpaired) electrons. The molecule has 0 spiro atoms. The van der Waals surface area contributed by atoms with Crippen LogP contribution in [0.1, 0.15) is 61.3 Å². The Labute approximate surface area is 129 Å². The summed E-state index contributed by atoms with van der Waals surface area (Å²) in [4.78, 5) is 2.81. The van der Waals surface area contributed by atoms with E-state index in [0.717, 1.165) is 0 Å². The first-order valence-corrected chi connectivity index (χ1v) is 8.67. The van der Waals surface area contributed by atoms with Crippen molar-refractivity contribution < 1.29 is 0 Å². The van der Waals surface area contributed by atoms with Gasteiger partial charge < -0.3 is 5.32 Å². The Morgan fingerprint density at radius 3 is 2.29 bits per heavy atom. The summed E-state index contributed by atoms with van der Waals surface area (Å²) in [5.74, 6) is 0. The van der Waals surface area contributed by atoms with E-state index in [0.29, 0.717) is 11.6 Å². The van der Waals surface area contributed by atoms with E-state index in [-0.39, 0.29) is 0 Å². The zero-order valence-electron chi connectivity index (χ0n) is 13.9. The third-order valence-corrected chi connectivity index (χ3v) is 5.77. The summed E-state index contributed by atoms with van der Waals surface area (Å²) in [6.45, 7) is 7.06. The molecule has 21 heavy (non-hydrogen) atoms. The van der Waals surface area contributed by atoms with Crippen molar-refractivity contribution in [3.05, 3.63) is 34.9 Å². The van der Waals surface area contributed by atoms with Gasteiger partial charge in [0.2, 0.25) is 0 Å². The highest BCUT2D eigenvalue weighted by Gasteiger charge is 2.46. The highest BCUT2D eigenvalue weighted by Crippen LogP contribution is 2.46. The van der Waals surface area contributed by atoms with Gasteiger partial charge in [0, 0.05) is 5.54 Å². The molecular formula is C19H30N2. The van der Waals surface area contributed by atoms with Gasteiger partial charge in [0.25, 0.3) is 0 Å². The SMILES string of the molecule is CNC(c1ccc(C)cc1C)C1(N2CCCC2)CCCC1. The molecule has 0 bridgehead atoms. The third-order valence-electron chi connectivity index (χ3n) is 5.77. The molecule has 2 aliphatic rings. The van der Waals surface area contributed by atoms with Gasteiger partial charge in [0.05, 0.1) is 6.04 Å². The molecule has 1 aliphatic carbocycles. The van der Waals surface area contributed by atoms with E-state index in [1.165, 1.54) is 68.3 Å². The quantitative estimate of drug-likeness (QED) is 0.901. The Balaban J connectivity index is 1.99. The van der Waals surface area contributed by atoms with Gasteiger partial charge in [-0.05, 0) is 70.8 Å². The number of nitrogens with one attached hydrogen (secondary N) is 1. The summed E-state index contributed by atoms with van der Waals surface area (Å²) in [5, 5.41) is 3.70. The van der Waals surface area contributed by atoms with Gasteiger partial charge in [-0.15, -0.1) is 0 Å². The first-order chi connectivity index (χ1) is 10.2. The molecule has 116 valence electrons. The monoisotopic (exact) mass is 286 g/mol. The molecule has 2 heteroatoms. The summed E-state index contributed by atoms with van der Waals surface area (Å²) >= 11 is 0. The topological polar surface area (TPSA) is 15.3 Å². The first-order valence-electron chi connectivity index (χ1n) is 8.67. The Morgan fingerprint density at radius 2 is 1.71 bits per heavy atom. The van der Waals surface area contributed by atoms with E-state index in [1.54, 1.807) is 0 Å². The summed E-state index contributed by atoms with van der Waals surface area (Å²) in [5.41, 5.74) is 4.68. The van der Waals surface area contributed by atoms with Gasteiger partial charge in [-0.1, -0.05) is 36.6 Å². The van der Waals surface area contributed by atoms with Crippen LogP contribution in [0, 0.1) is 13.8 Å². The summed E-state index contributed by atoms with van der Waals surface area (Å²) in [7, 11) is 2.15. The number of nitrogens with zero attached hydrogens (tertiary/aromatic N) is 1. The number of rotatable bonds is 4. The van der Waals surface area contributed by atoms with Crippen LogP contribution in [0.15, 0.2) is 18.2 Å². The van der Waals surface area contributed by atoms with E-state index in [4.69, 9.17) is 0 Å². The predicted octanol–water partition coefficient (Wildman–Crippen LogP) is 3.97. The second-order valence-electron chi connectivity index (χ2n) is 7.09. The Bertz CT molecular complexity index is 482. The normalized spacial score (nSPS) is 23.6. The molecular weight excluding hydrogens is 256 g/mol. The van der Waals surface area contributed by atoms with Crippen LogP contribution in [-0.2, 0) is 0 Å². The van der Waals surface area contributed by atoms with Crippen molar-refractivity contribution in [2.75, 3.05) is 20.1 Å². The Morgan fingerprint density at radius 1 is 1.05 bits per heavy atom. The molecule has 1 saturated carbocycles. The van der Waals surface area contributed by atoms with Crippen molar-refractivity contribution in [3.63, 3.8) is 0 Å². The smallest absolute Gasteiger partial charge is 0.0507 e. The van der Waals surface area contributed by atoms with E-state index < -0.39 is 0 Å². The number of likely N-dealkylation sites (tertiary alicyclic amines) is 1. The average molecular weight is 286 g/mol. The van der Waals surface area contributed by atoms with Crippen LogP contribution in [-0.4, -0.2) is 30.6 Å². The molecule has 1 aromatic carbocycles. The lowest BCUT2D eigenvalue weighted by Crippen LogP contribution is -2.53. The van der Waals surface area contributed by atoms with Crippen molar-refractivity contribution in [3.8, 4) is 0 Å². The molecule has 1 aromatic rings. The molecule has 1 aliphatic heterocycles. The van der Waals surface area contributed by atoms with Gasteiger partial charge in [-0.2, -0.15) is 0 Å². The standard InChI is InChI=1S/C19H30N2/c1-15-8-9-17(16(2)14-15)18(20-3)19(10-4-5-11-19)21-12-6-7-13-21/h8-9,14,18,20H,4-7,10-13H2,1-3H3. The maximum Gasteiger partial charge on any atom is 0.0507 e. The summed E-state index contributed by atoms with van der Waals surface area (Å²) in [6, 6.07) is 7.45. The molecule has 0 amide bonds. The largest absolute Gasteiger partial charge is 0.311 e. The number of aryl methyl sites for hydroxylation is 2. The van der Waals surface area contributed by atoms with Crippen molar-refractivity contribution in [2.45, 2.75) is 64.0 Å². The molecule has 2 fully saturated rings. The highest BCUT2D eigenvalue weighted by molar-refractivity contribution is 5.35. The molecule has 1 saturated heterocycles. The van der Waals surface area contributed by atoms with Crippen molar-refractivity contribution in [1.82, 2.24) is 10.2 Å². The minimum atomic E-state index is 0.352. The van der Waals surface area contributed by atoms with Crippen LogP contribution in [0.5, 0.6) is 0 Å². The molecule has 1 heterocycles. The van der Waals surface area contributed by atoms with Gasteiger partial charge in [0.15, 0.2) is 0 Å². The zero-order chi connectivity index (χ0) is 14.9. The third kappa shape index (κ3) is 2.64. The number of benzene rings is 1. The van der Waals surface area contributed by atoms with E-state index in [9.17, 15) is 0 Å². The Hall–Kier alpha value is -0.860. The lowest BCUT2D eigenvalue weighted by Gasteiger charge is -2.45. The lowest BCUT2D eigenvalue weighted by atomic mass is 9.80. The van der Waals surface area contributed by atoms with Crippen LogP contribution in [0.25, 0.3) is 0 Å². The number of hydrogen-bond acceptors (Lipinski definition) is 2. The van der Waals surface area contributed by atoms with Crippen molar-refractivity contribution in [2.24, 2.45) is 0 Å². The Kier molecular flexibility index (Phi) is 4.37. The fourth-order valence-electron chi connectivity index (χ4n) is 4.80. The maximum atomic E-state index is 3.70. The number of hydrogen-bond donors (Lipinski definition) is 1. The highest BCUT2D eigenvalue weighted by atomic mass is 15.2. The van der Waals surface area contributed by atoms with Crippen molar-refractivity contribution >= 4 is 0 Å².